The minimum Gasteiger partial charge on any atom is -0.340 e. The van der Waals surface area contributed by atoms with E-state index in [4.69, 9.17) is 0 Å². The standard InChI is InChI=1S/C20H30N4OS/c1-5-6-12-18(24(3)20(25)17(21-2)14-26-4)19-22-13-16(23-19)15-10-8-7-9-11-15/h7-11,13,17-18,21H,5-6,12,14H2,1-4H3,(H,22,23)/t17-,18-/m0/s1. The van der Waals surface area contributed by atoms with Gasteiger partial charge in [-0.3, -0.25) is 4.79 Å². The quantitative estimate of drug-likeness (QED) is 0.665. The highest BCUT2D eigenvalue weighted by molar-refractivity contribution is 7.98. The number of nitrogens with one attached hydrogen (secondary N) is 2. The van der Waals surface area contributed by atoms with Crippen LogP contribution < -0.4 is 5.32 Å². The zero-order valence-corrected chi connectivity index (χ0v) is 17.0. The number of aromatic amines is 1. The Kier molecular flexibility index (Phi) is 8.19. The molecule has 0 fully saturated rings. The average Bonchev–Trinajstić information content (AvgIpc) is 3.16. The third-order valence-corrected chi connectivity index (χ3v) is 5.29. The molecule has 1 heterocycles. The predicted molar refractivity (Wildman–Crippen MR) is 110 cm³/mol. The first-order valence-electron chi connectivity index (χ1n) is 9.15. The SMILES string of the molecule is CCCC[C@@H](c1ncc(-c2ccccc2)[nH]1)N(C)C(=O)[C@H](CSC)NC. The third-order valence-electron chi connectivity index (χ3n) is 4.62. The van der Waals surface area contributed by atoms with Crippen LogP contribution in [0.15, 0.2) is 36.5 Å². The number of unbranched alkanes of at least 4 members (excludes halogenated alkanes) is 1. The molecule has 0 saturated carbocycles. The number of likely N-dealkylation sites (N-methyl/N-ethyl adjacent to an activating group) is 2. The van der Waals surface area contributed by atoms with Crippen LogP contribution in [0.4, 0.5) is 0 Å². The molecule has 0 radical (unpaired) electrons. The van der Waals surface area contributed by atoms with Crippen LogP contribution in [-0.2, 0) is 4.79 Å². The lowest BCUT2D eigenvalue weighted by Gasteiger charge is -2.30. The van der Waals surface area contributed by atoms with Crippen LogP contribution in [0.2, 0.25) is 0 Å². The van der Waals surface area contributed by atoms with Gasteiger partial charge in [-0.2, -0.15) is 11.8 Å². The molecule has 0 saturated heterocycles. The summed E-state index contributed by atoms with van der Waals surface area (Å²) in [6, 6.07) is 9.92. The molecule has 0 unspecified atom stereocenters. The number of benzene rings is 1. The molecule has 6 heteroatoms. The van der Waals surface area contributed by atoms with Crippen molar-refractivity contribution in [3.8, 4) is 11.3 Å². The van der Waals surface area contributed by atoms with Gasteiger partial charge in [0.05, 0.1) is 24.0 Å². The van der Waals surface area contributed by atoms with E-state index in [2.05, 4.69) is 34.3 Å². The van der Waals surface area contributed by atoms with Gasteiger partial charge in [0.1, 0.15) is 5.82 Å². The number of imidazole rings is 1. The molecular formula is C20H30N4OS. The topological polar surface area (TPSA) is 61.0 Å². The summed E-state index contributed by atoms with van der Waals surface area (Å²) >= 11 is 1.67. The molecule has 2 N–H and O–H groups in total. The summed E-state index contributed by atoms with van der Waals surface area (Å²) in [6.45, 7) is 2.17. The summed E-state index contributed by atoms with van der Waals surface area (Å²) in [5.41, 5.74) is 2.09. The number of carbonyl (C=O) groups excluding carboxylic acids is 1. The smallest absolute Gasteiger partial charge is 0.240 e. The van der Waals surface area contributed by atoms with Crippen LogP contribution in [0.3, 0.4) is 0 Å². The molecule has 2 atom stereocenters. The maximum Gasteiger partial charge on any atom is 0.240 e. The largest absolute Gasteiger partial charge is 0.340 e. The highest BCUT2D eigenvalue weighted by atomic mass is 32.2. The van der Waals surface area contributed by atoms with Gasteiger partial charge in [-0.15, -0.1) is 0 Å². The summed E-state index contributed by atoms with van der Waals surface area (Å²) in [4.78, 5) is 22.8. The van der Waals surface area contributed by atoms with E-state index in [0.29, 0.717) is 0 Å². The van der Waals surface area contributed by atoms with Crippen LogP contribution in [0.1, 0.15) is 38.1 Å². The first-order valence-corrected chi connectivity index (χ1v) is 10.5. The van der Waals surface area contributed by atoms with Crippen LogP contribution >= 0.6 is 11.8 Å². The van der Waals surface area contributed by atoms with Crippen molar-refractivity contribution in [3.05, 3.63) is 42.4 Å². The van der Waals surface area contributed by atoms with E-state index in [1.165, 1.54) is 0 Å². The molecule has 0 aliphatic rings. The molecule has 2 rings (SSSR count). The maximum atomic E-state index is 12.9. The summed E-state index contributed by atoms with van der Waals surface area (Å²) in [5.74, 6) is 1.72. The van der Waals surface area contributed by atoms with Crippen molar-refractivity contribution in [2.75, 3.05) is 26.1 Å². The molecule has 2 aromatic rings. The Balaban J connectivity index is 2.24. The average molecular weight is 375 g/mol. The molecule has 26 heavy (non-hydrogen) atoms. The highest BCUT2D eigenvalue weighted by Crippen LogP contribution is 2.26. The van der Waals surface area contributed by atoms with Crippen molar-refractivity contribution in [2.45, 2.75) is 38.3 Å². The van der Waals surface area contributed by atoms with E-state index in [1.54, 1.807) is 11.8 Å². The van der Waals surface area contributed by atoms with Gasteiger partial charge in [0.2, 0.25) is 5.91 Å². The number of hydrogen-bond acceptors (Lipinski definition) is 4. The normalized spacial score (nSPS) is 13.4. The lowest BCUT2D eigenvalue weighted by Crippen LogP contribution is -2.46. The Morgan fingerprint density at radius 3 is 2.69 bits per heavy atom. The van der Waals surface area contributed by atoms with Crippen LogP contribution in [0.5, 0.6) is 0 Å². The van der Waals surface area contributed by atoms with Crippen molar-refractivity contribution >= 4 is 17.7 Å². The fraction of sp³-hybridized carbons (Fsp3) is 0.500. The Labute approximate surface area is 161 Å². The number of hydrogen-bond donors (Lipinski definition) is 2. The number of amides is 1. The van der Waals surface area contributed by atoms with E-state index >= 15 is 0 Å². The molecule has 1 aromatic carbocycles. The number of thioether (sulfide) groups is 1. The third kappa shape index (κ3) is 5.11. The Hall–Kier alpha value is -1.79. The van der Waals surface area contributed by atoms with E-state index < -0.39 is 0 Å². The molecule has 5 nitrogen and oxygen atoms in total. The first-order chi connectivity index (χ1) is 12.6. The van der Waals surface area contributed by atoms with Crippen LogP contribution in [0.25, 0.3) is 11.3 Å². The van der Waals surface area contributed by atoms with E-state index in [0.717, 1.165) is 42.1 Å². The fourth-order valence-electron chi connectivity index (χ4n) is 3.03. The minimum atomic E-state index is -0.178. The van der Waals surface area contributed by atoms with Crippen molar-refractivity contribution < 1.29 is 4.79 Å². The van der Waals surface area contributed by atoms with Crippen molar-refractivity contribution in [3.63, 3.8) is 0 Å². The number of H-pyrrole nitrogens is 1. The van der Waals surface area contributed by atoms with Gasteiger partial charge in [0.15, 0.2) is 0 Å². The van der Waals surface area contributed by atoms with Gasteiger partial charge in [0, 0.05) is 12.8 Å². The highest BCUT2D eigenvalue weighted by Gasteiger charge is 2.28. The number of rotatable bonds is 10. The second kappa shape index (κ2) is 10.4. The Bertz CT molecular complexity index is 673. The lowest BCUT2D eigenvalue weighted by atomic mass is 10.1. The van der Waals surface area contributed by atoms with Gasteiger partial charge in [0.25, 0.3) is 0 Å². The van der Waals surface area contributed by atoms with Crippen molar-refractivity contribution in [1.29, 1.82) is 0 Å². The van der Waals surface area contributed by atoms with Gasteiger partial charge >= 0.3 is 0 Å². The monoisotopic (exact) mass is 374 g/mol. The number of carbonyl (C=O) groups is 1. The van der Waals surface area contributed by atoms with E-state index in [9.17, 15) is 4.79 Å². The van der Waals surface area contributed by atoms with E-state index in [-0.39, 0.29) is 18.0 Å². The van der Waals surface area contributed by atoms with Crippen molar-refractivity contribution in [1.82, 2.24) is 20.2 Å². The summed E-state index contributed by atoms with van der Waals surface area (Å²) in [7, 11) is 3.73. The predicted octanol–water partition coefficient (Wildman–Crippen LogP) is 3.72. The second-order valence-electron chi connectivity index (χ2n) is 6.45. The van der Waals surface area contributed by atoms with Crippen molar-refractivity contribution in [2.24, 2.45) is 0 Å². The fourth-order valence-corrected chi connectivity index (χ4v) is 3.67. The first kappa shape index (κ1) is 20.5. The minimum absolute atomic E-state index is 0.0439. The zero-order chi connectivity index (χ0) is 18.9. The molecular weight excluding hydrogens is 344 g/mol. The summed E-state index contributed by atoms with van der Waals surface area (Å²) in [6.07, 6.45) is 6.92. The maximum absolute atomic E-state index is 12.9. The number of nitrogens with zero attached hydrogens (tertiary/aromatic N) is 2. The second-order valence-corrected chi connectivity index (χ2v) is 7.36. The van der Waals surface area contributed by atoms with Gasteiger partial charge in [-0.05, 0) is 25.3 Å². The van der Waals surface area contributed by atoms with E-state index in [1.807, 2.05) is 49.6 Å². The van der Waals surface area contributed by atoms with Crippen LogP contribution in [0, 0.1) is 0 Å². The Morgan fingerprint density at radius 1 is 1.35 bits per heavy atom. The number of aromatic nitrogens is 2. The molecule has 0 bridgehead atoms. The Morgan fingerprint density at radius 2 is 2.08 bits per heavy atom. The molecule has 0 spiro atoms. The molecule has 1 amide bonds. The molecule has 142 valence electrons. The molecule has 0 aliphatic heterocycles. The van der Waals surface area contributed by atoms with Gasteiger partial charge in [-0.1, -0.05) is 50.1 Å². The summed E-state index contributed by atoms with van der Waals surface area (Å²) in [5, 5.41) is 3.13. The van der Waals surface area contributed by atoms with Gasteiger partial charge < -0.3 is 15.2 Å². The molecule has 1 aromatic heterocycles. The lowest BCUT2D eigenvalue weighted by molar-refractivity contribution is -0.134. The zero-order valence-electron chi connectivity index (χ0n) is 16.2. The molecule has 0 aliphatic carbocycles. The van der Waals surface area contributed by atoms with Crippen LogP contribution in [-0.4, -0.2) is 52.9 Å². The summed E-state index contributed by atoms with van der Waals surface area (Å²) < 4.78 is 0. The van der Waals surface area contributed by atoms with Gasteiger partial charge in [-0.25, -0.2) is 4.98 Å².